The fourth-order valence-corrected chi connectivity index (χ4v) is 10.5. The summed E-state index contributed by atoms with van der Waals surface area (Å²) >= 11 is 0. The number of rotatable bonds is 10. The van der Waals surface area contributed by atoms with E-state index >= 15 is 0 Å². The van der Waals surface area contributed by atoms with Crippen LogP contribution in [-0.2, 0) is 0 Å². The van der Waals surface area contributed by atoms with Gasteiger partial charge in [0, 0.05) is 30.0 Å². The highest BCUT2D eigenvalue weighted by atomic mass is 16.6. The third kappa shape index (κ3) is 5.36. The Labute approximate surface area is 255 Å². The van der Waals surface area contributed by atoms with Crippen molar-refractivity contribution in [2.24, 2.45) is 57.4 Å². The van der Waals surface area contributed by atoms with Gasteiger partial charge in [0.25, 0.3) is 5.69 Å². The SMILES string of the molecule is CC(C)CCC[C@@H](C)[C@H]1CCC2C3C(/C=N/Nc4ccc([N+](=O)[O-])cc4[N+](=O)[O-])[C@]4(O)C[C@@H](O)CC[C@]4(C)C3CC[C@@]21C. The zero-order valence-corrected chi connectivity index (χ0v) is 26.4. The number of nitrogens with one attached hydrogen (secondary N) is 1. The van der Waals surface area contributed by atoms with Gasteiger partial charge < -0.3 is 10.2 Å². The van der Waals surface area contributed by atoms with Crippen LogP contribution in [0.25, 0.3) is 0 Å². The molecule has 43 heavy (non-hydrogen) atoms. The van der Waals surface area contributed by atoms with E-state index in [4.69, 9.17) is 0 Å². The zero-order chi connectivity index (χ0) is 31.3. The molecule has 10 heteroatoms. The molecular weight excluding hydrogens is 548 g/mol. The molecule has 4 fully saturated rings. The number of aliphatic hydroxyl groups excluding tert-OH is 1. The monoisotopic (exact) mass is 598 g/mol. The van der Waals surface area contributed by atoms with E-state index in [1.165, 1.54) is 37.8 Å². The van der Waals surface area contributed by atoms with Crippen molar-refractivity contribution in [2.75, 3.05) is 5.43 Å². The molecule has 3 N–H and O–H groups in total. The highest BCUT2D eigenvalue weighted by molar-refractivity contribution is 5.70. The van der Waals surface area contributed by atoms with Gasteiger partial charge in [-0.1, -0.05) is 53.9 Å². The number of hydrazone groups is 1. The minimum absolute atomic E-state index is 0.0597. The summed E-state index contributed by atoms with van der Waals surface area (Å²) in [6, 6.07) is 3.44. The van der Waals surface area contributed by atoms with E-state index in [1.807, 2.05) is 0 Å². The van der Waals surface area contributed by atoms with Crippen LogP contribution in [0.5, 0.6) is 0 Å². The third-order valence-corrected chi connectivity index (χ3v) is 12.7. The molecule has 0 aromatic heterocycles. The Morgan fingerprint density at radius 2 is 1.79 bits per heavy atom. The number of hydrogen-bond acceptors (Lipinski definition) is 8. The average molecular weight is 599 g/mol. The molecule has 4 unspecified atom stereocenters. The van der Waals surface area contributed by atoms with E-state index < -0.39 is 27.2 Å². The van der Waals surface area contributed by atoms with Gasteiger partial charge in [0.2, 0.25) is 0 Å². The van der Waals surface area contributed by atoms with Gasteiger partial charge in [-0.05, 0) is 85.5 Å². The zero-order valence-electron chi connectivity index (χ0n) is 26.4. The van der Waals surface area contributed by atoms with Crippen LogP contribution < -0.4 is 5.43 Å². The van der Waals surface area contributed by atoms with Gasteiger partial charge in [-0.25, -0.2) is 0 Å². The quantitative estimate of drug-likeness (QED) is 0.145. The lowest BCUT2D eigenvalue weighted by atomic mass is 9.53. The third-order valence-electron chi connectivity index (χ3n) is 12.7. The smallest absolute Gasteiger partial charge is 0.301 e. The minimum Gasteiger partial charge on any atom is -0.393 e. The van der Waals surface area contributed by atoms with E-state index in [1.54, 1.807) is 6.21 Å². The summed E-state index contributed by atoms with van der Waals surface area (Å²) in [5.41, 5.74) is 0.730. The summed E-state index contributed by atoms with van der Waals surface area (Å²) in [5.74, 6) is 2.62. The van der Waals surface area contributed by atoms with Crippen LogP contribution in [0.4, 0.5) is 17.1 Å². The van der Waals surface area contributed by atoms with Crippen LogP contribution in [-0.4, -0.2) is 38.0 Å². The summed E-state index contributed by atoms with van der Waals surface area (Å²) in [5, 5.41) is 50.7. The fraction of sp³-hybridized carbons (Fsp3) is 0.788. The number of aliphatic hydroxyl groups is 2. The van der Waals surface area contributed by atoms with Gasteiger partial charge in [0.15, 0.2) is 0 Å². The minimum atomic E-state index is -1.14. The normalized spacial score (nSPS) is 39.3. The van der Waals surface area contributed by atoms with Crippen LogP contribution in [0.15, 0.2) is 23.3 Å². The van der Waals surface area contributed by atoms with E-state index in [2.05, 4.69) is 45.1 Å². The number of non-ortho nitro benzene ring substituents is 1. The van der Waals surface area contributed by atoms with E-state index in [9.17, 15) is 30.4 Å². The number of nitrogens with zero attached hydrogens (tertiary/aromatic N) is 3. The standard InChI is InChI=1S/C33H50N4O6/c1-20(2)7-6-8-21(3)24-10-11-25-30-26(14-15-31(24,25)4)32(5)16-13-23(38)18-33(32,39)27(30)19-34-35-28-12-9-22(36(40)41)17-29(28)37(42)43/h9,12,17,19-21,23-27,30,35,38-39H,6-8,10-11,13-16,18H2,1-5H3/b34-19+/t21-,23+,24-,25?,26?,27?,30?,31-,32-,33-/m1/s1. The Balaban J connectivity index is 1.46. The highest BCUT2D eigenvalue weighted by Crippen LogP contribution is 2.72. The molecule has 10 nitrogen and oxygen atoms in total. The molecule has 0 amide bonds. The van der Waals surface area contributed by atoms with E-state index in [0.717, 1.165) is 31.7 Å². The van der Waals surface area contributed by atoms with Gasteiger partial charge >= 0.3 is 5.69 Å². The van der Waals surface area contributed by atoms with Crippen LogP contribution >= 0.6 is 0 Å². The summed E-state index contributed by atoms with van der Waals surface area (Å²) in [7, 11) is 0. The molecule has 5 rings (SSSR count). The average Bonchev–Trinajstić information content (AvgIpc) is 3.38. The molecular formula is C33H50N4O6. The van der Waals surface area contributed by atoms with E-state index in [-0.39, 0.29) is 34.0 Å². The van der Waals surface area contributed by atoms with Gasteiger partial charge in [-0.2, -0.15) is 5.10 Å². The number of fused-ring (bicyclic) bond motifs is 5. The van der Waals surface area contributed by atoms with Gasteiger partial charge in [-0.15, -0.1) is 0 Å². The predicted molar refractivity (Wildman–Crippen MR) is 167 cm³/mol. The first-order chi connectivity index (χ1) is 20.2. The molecule has 0 saturated heterocycles. The number of benzene rings is 1. The number of anilines is 1. The maximum Gasteiger partial charge on any atom is 0.301 e. The second-order valence-corrected chi connectivity index (χ2v) is 15.2. The second kappa shape index (κ2) is 11.7. The van der Waals surface area contributed by atoms with Crippen LogP contribution in [0.3, 0.4) is 0 Å². The maximum absolute atomic E-state index is 12.6. The molecule has 4 aliphatic rings. The topological polar surface area (TPSA) is 151 Å². The van der Waals surface area contributed by atoms with Crippen molar-refractivity contribution in [3.05, 3.63) is 38.4 Å². The van der Waals surface area contributed by atoms with Crippen molar-refractivity contribution < 1.29 is 20.1 Å². The van der Waals surface area contributed by atoms with Crippen molar-refractivity contribution in [2.45, 2.75) is 111 Å². The molecule has 0 radical (unpaired) electrons. The van der Waals surface area contributed by atoms with Crippen molar-refractivity contribution in [3.63, 3.8) is 0 Å². The Kier molecular flexibility index (Phi) is 8.68. The summed E-state index contributed by atoms with van der Waals surface area (Å²) in [6.07, 6.45) is 11.2. The highest BCUT2D eigenvalue weighted by Gasteiger charge is 2.71. The molecule has 0 heterocycles. The number of nitro groups is 2. The van der Waals surface area contributed by atoms with Gasteiger partial charge in [-0.3, -0.25) is 25.7 Å². The molecule has 1 aromatic carbocycles. The lowest BCUT2D eigenvalue weighted by Crippen LogP contribution is -2.54. The molecule has 4 aliphatic carbocycles. The maximum atomic E-state index is 12.6. The molecule has 238 valence electrons. The van der Waals surface area contributed by atoms with Gasteiger partial charge in [0.1, 0.15) is 5.69 Å². The molecule has 0 spiro atoms. The summed E-state index contributed by atoms with van der Waals surface area (Å²) in [4.78, 5) is 21.5. The van der Waals surface area contributed by atoms with Crippen LogP contribution in [0.1, 0.15) is 98.8 Å². The predicted octanol–water partition coefficient (Wildman–Crippen LogP) is 7.33. The Bertz CT molecular complexity index is 1260. The van der Waals surface area contributed by atoms with Crippen molar-refractivity contribution in [3.8, 4) is 0 Å². The Morgan fingerprint density at radius 3 is 2.47 bits per heavy atom. The second-order valence-electron chi connectivity index (χ2n) is 15.2. The van der Waals surface area contributed by atoms with E-state index in [0.29, 0.717) is 42.4 Å². The first-order valence-electron chi connectivity index (χ1n) is 16.4. The molecule has 0 bridgehead atoms. The van der Waals surface area contributed by atoms with Crippen molar-refractivity contribution in [1.29, 1.82) is 0 Å². The summed E-state index contributed by atoms with van der Waals surface area (Å²) < 4.78 is 0. The summed E-state index contributed by atoms with van der Waals surface area (Å²) in [6.45, 7) is 11.7. The Hall–Kier alpha value is -2.59. The largest absolute Gasteiger partial charge is 0.393 e. The van der Waals surface area contributed by atoms with Crippen LogP contribution in [0.2, 0.25) is 0 Å². The van der Waals surface area contributed by atoms with Gasteiger partial charge in [0.05, 0.1) is 27.6 Å². The molecule has 10 atom stereocenters. The molecule has 4 saturated carbocycles. The lowest BCUT2D eigenvalue weighted by Gasteiger charge is -2.52. The number of nitro benzene ring substituents is 2. The molecule has 1 aromatic rings. The first kappa shape index (κ1) is 31.8. The number of hydrogen-bond donors (Lipinski definition) is 3. The van der Waals surface area contributed by atoms with Crippen molar-refractivity contribution >= 4 is 23.3 Å². The van der Waals surface area contributed by atoms with Crippen molar-refractivity contribution in [1.82, 2.24) is 0 Å². The first-order valence-corrected chi connectivity index (χ1v) is 16.4. The molecule has 0 aliphatic heterocycles. The lowest BCUT2D eigenvalue weighted by molar-refractivity contribution is -0.393. The fourth-order valence-electron chi connectivity index (χ4n) is 10.5. The van der Waals surface area contributed by atoms with Crippen LogP contribution in [0, 0.1) is 72.5 Å². The Morgan fingerprint density at radius 1 is 1.05 bits per heavy atom.